The van der Waals surface area contributed by atoms with Crippen LogP contribution < -0.4 is 0 Å². The maximum absolute atomic E-state index is 10.9. The number of H-pyrrole nitrogens is 2. The van der Waals surface area contributed by atoms with Crippen LogP contribution in [0.1, 0.15) is 0 Å². The van der Waals surface area contributed by atoms with E-state index in [9.17, 15) is 10.1 Å². The number of imidazole rings is 2. The minimum Gasteiger partial charge on any atom is -0.332 e. The lowest BCUT2D eigenvalue weighted by atomic mass is 10.3. The fourth-order valence-electron chi connectivity index (χ4n) is 2.19. The summed E-state index contributed by atoms with van der Waals surface area (Å²) in [7, 11) is 0. The van der Waals surface area contributed by atoms with Gasteiger partial charge in [0.25, 0.3) is 0 Å². The average Bonchev–Trinajstić information content (AvgIpc) is 3.09. The number of nitrogens with zero attached hydrogens (tertiary/aromatic N) is 3. The monoisotopic (exact) mass is 749 g/mol. The fourth-order valence-corrected chi connectivity index (χ4v) is 4.52. The Hall–Kier alpha value is -0.340. The van der Waals surface area contributed by atoms with E-state index in [-0.39, 0.29) is 5.69 Å². The Kier molecular flexibility index (Phi) is 6.79. The molecule has 7 nitrogen and oxygen atoms in total. The predicted molar refractivity (Wildman–Crippen MR) is 125 cm³/mol. The Labute approximate surface area is 202 Å². The third-order valence-electron chi connectivity index (χ3n) is 3.29. The van der Waals surface area contributed by atoms with Crippen LogP contribution in [0, 0.1) is 10.1 Å². The van der Waals surface area contributed by atoms with Gasteiger partial charge in [0, 0.05) is 13.4 Å². The highest BCUT2D eigenvalue weighted by molar-refractivity contribution is 9.13. The third kappa shape index (κ3) is 4.64. The molecular formula is C14H5Br6N5O2. The molecule has 0 saturated heterocycles. The first kappa shape index (κ1) is 21.4. The van der Waals surface area contributed by atoms with Crippen molar-refractivity contribution in [3.8, 4) is 0 Å². The molecule has 2 aromatic heterocycles. The number of nitrogens with one attached hydrogen (secondary N) is 2. The van der Waals surface area contributed by atoms with Gasteiger partial charge in [-0.1, -0.05) is 0 Å². The van der Waals surface area contributed by atoms with Crippen molar-refractivity contribution in [2.24, 2.45) is 0 Å². The molecule has 0 amide bonds. The van der Waals surface area contributed by atoms with Gasteiger partial charge in [0.1, 0.15) is 4.47 Å². The van der Waals surface area contributed by atoms with Gasteiger partial charge < -0.3 is 9.97 Å². The summed E-state index contributed by atoms with van der Waals surface area (Å²) >= 11 is 19.6. The molecule has 0 unspecified atom stereocenters. The zero-order chi connectivity index (χ0) is 19.9. The number of nitro groups is 1. The molecule has 0 fully saturated rings. The molecular weight excluding hydrogens is 750 g/mol. The molecule has 2 N–H and O–H groups in total. The number of aromatic nitrogens is 4. The standard InChI is InChI=1S/C7H2Br3N3O2.C7H3Br3N2/c8-2-1-3-5(12-7(10)11-3)6(4(2)9)13(14)15;8-3-1-5-6(2-4(3)9)12-7(10)11-5/h1H,(H,11,12);1-2H,(H,11,12). The molecule has 0 spiro atoms. The van der Waals surface area contributed by atoms with Crippen molar-refractivity contribution in [2.45, 2.75) is 0 Å². The Bertz CT molecular complexity index is 1150. The topological polar surface area (TPSA) is 100 Å². The van der Waals surface area contributed by atoms with Crippen molar-refractivity contribution >= 4 is 123 Å². The van der Waals surface area contributed by atoms with Gasteiger partial charge in [0.15, 0.2) is 15.0 Å². The number of fused-ring (bicyclic) bond motifs is 2. The maximum Gasteiger partial charge on any atom is 0.312 e. The van der Waals surface area contributed by atoms with Gasteiger partial charge in [-0.3, -0.25) is 10.1 Å². The van der Waals surface area contributed by atoms with Gasteiger partial charge >= 0.3 is 5.69 Å². The van der Waals surface area contributed by atoms with Crippen molar-refractivity contribution in [2.75, 3.05) is 0 Å². The SMILES string of the molecule is Brc1nc2cc(Br)c(Br)cc2[nH]1.O=[N+]([O-])c1c(Br)c(Br)cc2[nH]c(Br)nc12. The molecule has 2 aromatic carbocycles. The predicted octanol–water partition coefficient (Wildman–Crippen LogP) is 7.61. The van der Waals surface area contributed by atoms with Crippen LogP contribution in [-0.4, -0.2) is 24.9 Å². The van der Waals surface area contributed by atoms with Crippen LogP contribution in [0.4, 0.5) is 5.69 Å². The first-order chi connectivity index (χ1) is 12.7. The Balaban J connectivity index is 0.000000159. The number of hydrogen-bond donors (Lipinski definition) is 2. The smallest absolute Gasteiger partial charge is 0.312 e. The maximum atomic E-state index is 10.9. The van der Waals surface area contributed by atoms with Gasteiger partial charge in [0.05, 0.1) is 21.5 Å². The lowest BCUT2D eigenvalue weighted by Crippen LogP contribution is -1.91. The van der Waals surface area contributed by atoms with E-state index >= 15 is 0 Å². The quantitative estimate of drug-likeness (QED) is 0.154. The first-order valence-corrected chi connectivity index (χ1v) is 11.6. The Morgan fingerprint density at radius 3 is 2.04 bits per heavy atom. The van der Waals surface area contributed by atoms with Crippen LogP contribution >= 0.6 is 95.6 Å². The van der Waals surface area contributed by atoms with E-state index in [1.54, 1.807) is 6.07 Å². The number of aromatic amines is 2. The first-order valence-electron chi connectivity index (χ1n) is 6.85. The van der Waals surface area contributed by atoms with Gasteiger partial charge in [-0.05, 0) is 114 Å². The number of rotatable bonds is 1. The molecule has 0 radical (unpaired) electrons. The zero-order valence-corrected chi connectivity index (χ0v) is 22.2. The second-order valence-electron chi connectivity index (χ2n) is 5.01. The van der Waals surface area contributed by atoms with Gasteiger partial charge in [-0.15, -0.1) is 0 Å². The summed E-state index contributed by atoms with van der Waals surface area (Å²) in [5.41, 5.74) is 2.82. The summed E-state index contributed by atoms with van der Waals surface area (Å²) in [6.07, 6.45) is 0. The molecule has 27 heavy (non-hydrogen) atoms. The van der Waals surface area contributed by atoms with E-state index in [0.717, 1.165) is 24.7 Å². The molecule has 2 heterocycles. The number of benzene rings is 2. The fraction of sp³-hybridized carbons (Fsp3) is 0. The normalized spacial score (nSPS) is 10.9. The summed E-state index contributed by atoms with van der Waals surface area (Å²) in [5, 5.41) is 10.9. The van der Waals surface area contributed by atoms with Crippen LogP contribution in [0.15, 0.2) is 45.6 Å². The summed E-state index contributed by atoms with van der Waals surface area (Å²) in [5.74, 6) is 0. The van der Waals surface area contributed by atoms with Crippen molar-refractivity contribution in [3.63, 3.8) is 0 Å². The zero-order valence-electron chi connectivity index (χ0n) is 12.7. The summed E-state index contributed by atoms with van der Waals surface area (Å²) in [6.45, 7) is 0. The number of halogens is 6. The second-order valence-corrected chi connectivity index (χ2v) is 9.87. The Morgan fingerprint density at radius 2 is 1.37 bits per heavy atom. The van der Waals surface area contributed by atoms with Gasteiger partial charge in [-0.2, -0.15) is 0 Å². The molecule has 0 aliphatic carbocycles. The van der Waals surface area contributed by atoms with E-state index in [1.807, 2.05) is 12.1 Å². The second kappa shape index (κ2) is 8.57. The highest BCUT2D eigenvalue weighted by Gasteiger charge is 2.22. The molecule has 0 bridgehead atoms. The highest BCUT2D eigenvalue weighted by Crippen LogP contribution is 2.38. The van der Waals surface area contributed by atoms with Gasteiger partial charge in [0.2, 0.25) is 0 Å². The van der Waals surface area contributed by atoms with E-state index in [1.165, 1.54) is 0 Å². The molecule has 4 rings (SSSR count). The van der Waals surface area contributed by atoms with E-state index in [2.05, 4.69) is 116 Å². The van der Waals surface area contributed by atoms with E-state index in [4.69, 9.17) is 0 Å². The summed E-state index contributed by atoms with van der Waals surface area (Å²) in [6, 6.07) is 5.67. The molecule has 4 aromatic rings. The summed E-state index contributed by atoms with van der Waals surface area (Å²) in [4.78, 5) is 24.6. The largest absolute Gasteiger partial charge is 0.332 e. The van der Waals surface area contributed by atoms with Crippen LogP contribution in [0.5, 0.6) is 0 Å². The van der Waals surface area contributed by atoms with E-state index in [0.29, 0.717) is 24.7 Å². The minimum atomic E-state index is -0.468. The van der Waals surface area contributed by atoms with Crippen molar-refractivity contribution < 1.29 is 4.92 Å². The molecule has 0 atom stereocenters. The van der Waals surface area contributed by atoms with Crippen molar-refractivity contribution in [3.05, 3.63) is 55.7 Å². The third-order valence-corrected chi connectivity index (χ3v) is 7.85. The molecule has 0 saturated carbocycles. The Morgan fingerprint density at radius 1 is 0.815 bits per heavy atom. The average molecular weight is 755 g/mol. The van der Waals surface area contributed by atoms with Crippen LogP contribution in [-0.2, 0) is 0 Å². The molecule has 140 valence electrons. The van der Waals surface area contributed by atoms with Crippen LogP contribution in [0.25, 0.3) is 22.1 Å². The lowest BCUT2D eigenvalue weighted by molar-refractivity contribution is -0.384. The van der Waals surface area contributed by atoms with Crippen molar-refractivity contribution in [1.82, 2.24) is 19.9 Å². The highest BCUT2D eigenvalue weighted by atomic mass is 79.9. The molecule has 0 aliphatic heterocycles. The molecule has 0 aliphatic rings. The van der Waals surface area contributed by atoms with Crippen molar-refractivity contribution in [1.29, 1.82) is 0 Å². The molecule has 13 heteroatoms. The van der Waals surface area contributed by atoms with E-state index < -0.39 is 4.92 Å². The number of nitro benzene ring substituents is 1. The summed E-state index contributed by atoms with van der Waals surface area (Å²) < 4.78 is 4.24. The minimum absolute atomic E-state index is 0.0543. The van der Waals surface area contributed by atoms with Gasteiger partial charge in [-0.25, -0.2) is 9.97 Å². The number of hydrogen-bond acceptors (Lipinski definition) is 4. The van der Waals surface area contributed by atoms with Crippen LogP contribution in [0.3, 0.4) is 0 Å². The lowest BCUT2D eigenvalue weighted by Gasteiger charge is -1.98. The van der Waals surface area contributed by atoms with Crippen LogP contribution in [0.2, 0.25) is 0 Å².